The summed E-state index contributed by atoms with van der Waals surface area (Å²) in [6, 6.07) is 2.04. The molecule has 0 heterocycles. The minimum Gasteiger partial charge on any atom is -0.225 e. The third-order valence-electron chi connectivity index (χ3n) is 1.55. The topological polar surface area (TPSA) is 60.2 Å². The van der Waals surface area contributed by atoms with Gasteiger partial charge in [0.05, 0.1) is 0 Å². The number of nitrogens with two attached hydrogens (primary N) is 1. The number of hydrogen-bond donors (Lipinski definition) is 1. The first kappa shape index (κ1) is 11.9. The molecule has 1 aromatic carbocycles. The molecule has 0 amide bonds. The van der Waals surface area contributed by atoms with Crippen LogP contribution in [0.25, 0.3) is 0 Å². The van der Waals surface area contributed by atoms with Crippen LogP contribution in [0, 0.1) is 5.82 Å². The van der Waals surface area contributed by atoms with E-state index >= 15 is 0 Å². The summed E-state index contributed by atoms with van der Waals surface area (Å²) in [6.07, 6.45) is 0. The molecule has 1 aromatic rings. The summed E-state index contributed by atoms with van der Waals surface area (Å²) >= 11 is 8.74. The third-order valence-corrected chi connectivity index (χ3v) is 3.43. The number of rotatable bonds is 2. The molecule has 14 heavy (non-hydrogen) atoms. The largest absolute Gasteiger partial charge is 0.240 e. The zero-order valence-corrected chi connectivity index (χ0v) is 9.96. The lowest BCUT2D eigenvalue weighted by molar-refractivity contribution is 0.567. The average Bonchev–Trinajstić information content (AvgIpc) is 2.02. The van der Waals surface area contributed by atoms with E-state index in [9.17, 15) is 12.8 Å². The van der Waals surface area contributed by atoms with Gasteiger partial charge in [0.1, 0.15) is 10.7 Å². The van der Waals surface area contributed by atoms with E-state index in [1.807, 2.05) is 0 Å². The van der Waals surface area contributed by atoms with Crippen molar-refractivity contribution in [2.45, 2.75) is 10.2 Å². The first-order valence-electron chi connectivity index (χ1n) is 3.43. The molecule has 0 aliphatic heterocycles. The van der Waals surface area contributed by atoms with Gasteiger partial charge in [-0.2, -0.15) is 0 Å². The van der Waals surface area contributed by atoms with E-state index in [0.717, 1.165) is 12.1 Å². The molecule has 0 aromatic heterocycles. The monoisotopic (exact) mass is 301 g/mol. The van der Waals surface area contributed by atoms with E-state index in [2.05, 4.69) is 15.9 Å². The van der Waals surface area contributed by atoms with Crippen LogP contribution >= 0.6 is 27.5 Å². The first-order chi connectivity index (χ1) is 6.36. The molecular weight excluding hydrogens is 297 g/mol. The van der Waals surface area contributed by atoms with Gasteiger partial charge in [0.2, 0.25) is 10.0 Å². The minimum absolute atomic E-state index is 0.159. The number of alkyl halides is 1. The van der Waals surface area contributed by atoms with Crippen molar-refractivity contribution in [1.82, 2.24) is 0 Å². The zero-order chi connectivity index (χ0) is 10.9. The lowest BCUT2D eigenvalue weighted by Crippen LogP contribution is -2.14. The maximum atomic E-state index is 13.1. The van der Waals surface area contributed by atoms with Crippen molar-refractivity contribution in [2.24, 2.45) is 5.14 Å². The molecule has 0 radical (unpaired) electrons. The molecule has 78 valence electrons. The second kappa shape index (κ2) is 4.14. The molecule has 0 unspecified atom stereocenters. The number of benzene rings is 1. The van der Waals surface area contributed by atoms with Crippen molar-refractivity contribution in [3.05, 3.63) is 28.5 Å². The van der Waals surface area contributed by atoms with Crippen molar-refractivity contribution >= 4 is 37.6 Å². The fourth-order valence-electron chi connectivity index (χ4n) is 0.892. The number of sulfonamides is 1. The Morgan fingerprint density at radius 3 is 2.50 bits per heavy atom. The zero-order valence-electron chi connectivity index (χ0n) is 6.80. The molecule has 0 saturated heterocycles. The second-order valence-electron chi connectivity index (χ2n) is 2.55. The predicted octanol–water partition coefficient (Wildman–Crippen LogP) is 2.02. The van der Waals surface area contributed by atoms with Crippen molar-refractivity contribution in [3.63, 3.8) is 0 Å². The fourth-order valence-corrected chi connectivity index (χ4v) is 2.37. The molecule has 0 atom stereocenters. The van der Waals surface area contributed by atoms with Gasteiger partial charge in [-0.1, -0.05) is 27.5 Å². The number of hydrogen-bond acceptors (Lipinski definition) is 2. The normalized spacial score (nSPS) is 11.7. The maximum absolute atomic E-state index is 13.1. The van der Waals surface area contributed by atoms with Crippen LogP contribution in [0.1, 0.15) is 5.56 Å². The molecule has 1 rings (SSSR count). The van der Waals surface area contributed by atoms with Crippen molar-refractivity contribution in [1.29, 1.82) is 0 Å². The van der Waals surface area contributed by atoms with Gasteiger partial charge in [0.15, 0.2) is 0 Å². The van der Waals surface area contributed by atoms with Crippen LogP contribution in [-0.4, -0.2) is 8.42 Å². The fraction of sp³-hybridized carbons (Fsp3) is 0.143. The molecule has 0 aliphatic rings. The van der Waals surface area contributed by atoms with E-state index in [0.29, 0.717) is 10.9 Å². The number of primary sulfonamides is 1. The standard InChI is InChI=1S/C7H6BrClFNO2S/c8-3-4-1-7(14(11,12)13)6(10)2-5(4)9/h1-2H,3H2,(H2,11,12,13). The Morgan fingerprint density at radius 1 is 1.50 bits per heavy atom. The van der Waals surface area contributed by atoms with Crippen molar-refractivity contribution in [2.75, 3.05) is 0 Å². The lowest BCUT2D eigenvalue weighted by Gasteiger charge is -2.04. The van der Waals surface area contributed by atoms with Crippen LogP contribution in [0.5, 0.6) is 0 Å². The van der Waals surface area contributed by atoms with Gasteiger partial charge >= 0.3 is 0 Å². The molecule has 2 N–H and O–H groups in total. The van der Waals surface area contributed by atoms with Crippen LogP contribution in [0.2, 0.25) is 5.02 Å². The van der Waals surface area contributed by atoms with Gasteiger partial charge in [0.25, 0.3) is 0 Å². The lowest BCUT2D eigenvalue weighted by atomic mass is 10.2. The summed E-state index contributed by atoms with van der Waals surface area (Å²) in [5.41, 5.74) is 0.470. The Balaban J connectivity index is 3.47. The summed E-state index contributed by atoms with van der Waals surface area (Å²) in [5, 5.41) is 5.29. The van der Waals surface area contributed by atoms with E-state index in [4.69, 9.17) is 16.7 Å². The summed E-state index contributed by atoms with van der Waals surface area (Å²) < 4.78 is 34.9. The SMILES string of the molecule is NS(=O)(=O)c1cc(CBr)c(Cl)cc1F. The highest BCUT2D eigenvalue weighted by Crippen LogP contribution is 2.24. The summed E-state index contributed by atoms with van der Waals surface area (Å²) in [6.45, 7) is 0. The minimum atomic E-state index is -4.04. The smallest absolute Gasteiger partial charge is 0.225 e. The van der Waals surface area contributed by atoms with Gasteiger partial charge in [-0.15, -0.1) is 0 Å². The number of halogens is 3. The Labute approximate surface area is 94.2 Å². The molecule has 7 heteroatoms. The van der Waals surface area contributed by atoms with Crippen LogP contribution in [0.3, 0.4) is 0 Å². The Bertz CT molecular complexity index is 463. The first-order valence-corrected chi connectivity index (χ1v) is 6.47. The van der Waals surface area contributed by atoms with E-state index in [1.165, 1.54) is 0 Å². The van der Waals surface area contributed by atoms with Gasteiger partial charge < -0.3 is 0 Å². The van der Waals surface area contributed by atoms with Gasteiger partial charge in [-0.25, -0.2) is 17.9 Å². The highest BCUT2D eigenvalue weighted by Gasteiger charge is 2.16. The summed E-state index contributed by atoms with van der Waals surface area (Å²) in [7, 11) is -4.04. The molecule has 0 saturated carbocycles. The van der Waals surface area contributed by atoms with Crippen molar-refractivity contribution < 1.29 is 12.8 Å². The van der Waals surface area contributed by atoms with E-state index < -0.39 is 20.7 Å². The average molecular weight is 303 g/mol. The summed E-state index contributed by atoms with van der Waals surface area (Å²) in [4.78, 5) is -0.545. The molecule has 0 bridgehead atoms. The molecule has 0 aliphatic carbocycles. The quantitative estimate of drug-likeness (QED) is 0.850. The third kappa shape index (κ3) is 2.44. The van der Waals surface area contributed by atoms with Crippen LogP contribution < -0.4 is 5.14 Å². The Kier molecular flexibility index (Phi) is 3.52. The van der Waals surface area contributed by atoms with E-state index in [1.54, 1.807) is 0 Å². The molecular formula is C7H6BrClFNO2S. The molecule has 0 fully saturated rings. The Hall–Kier alpha value is -0.170. The predicted molar refractivity (Wildman–Crippen MR) is 55.4 cm³/mol. The van der Waals surface area contributed by atoms with E-state index in [-0.39, 0.29) is 5.02 Å². The second-order valence-corrected chi connectivity index (χ2v) is 5.05. The maximum Gasteiger partial charge on any atom is 0.240 e. The van der Waals surface area contributed by atoms with Crippen LogP contribution in [0.15, 0.2) is 17.0 Å². The molecule has 0 spiro atoms. The molecule has 3 nitrogen and oxygen atoms in total. The highest BCUT2D eigenvalue weighted by molar-refractivity contribution is 9.08. The van der Waals surface area contributed by atoms with Gasteiger partial charge in [0, 0.05) is 10.4 Å². The van der Waals surface area contributed by atoms with Gasteiger partial charge in [-0.3, -0.25) is 0 Å². The van der Waals surface area contributed by atoms with Crippen LogP contribution in [0.4, 0.5) is 4.39 Å². The summed E-state index contributed by atoms with van der Waals surface area (Å²) in [5.74, 6) is -0.942. The highest BCUT2D eigenvalue weighted by atomic mass is 79.9. The van der Waals surface area contributed by atoms with Crippen LogP contribution in [-0.2, 0) is 15.4 Å². The Morgan fingerprint density at radius 2 is 2.07 bits per heavy atom. The van der Waals surface area contributed by atoms with Gasteiger partial charge in [-0.05, 0) is 17.7 Å². The van der Waals surface area contributed by atoms with Crippen molar-refractivity contribution in [3.8, 4) is 0 Å².